The summed E-state index contributed by atoms with van der Waals surface area (Å²) in [5.74, 6) is 1.08. The van der Waals surface area contributed by atoms with Crippen LogP contribution in [0.15, 0.2) is 53.1 Å². The van der Waals surface area contributed by atoms with E-state index in [1.165, 1.54) is 16.7 Å². The van der Waals surface area contributed by atoms with Crippen LogP contribution in [0.1, 0.15) is 35.4 Å². The molecular formula is C24H28N4O2. The molecule has 0 saturated carbocycles. The van der Waals surface area contributed by atoms with Crippen LogP contribution in [0.4, 0.5) is 0 Å². The zero-order chi connectivity index (χ0) is 20.9. The predicted molar refractivity (Wildman–Crippen MR) is 115 cm³/mol. The van der Waals surface area contributed by atoms with E-state index in [1.54, 1.807) is 0 Å². The number of nitrogens with zero attached hydrogens (tertiary/aromatic N) is 3. The molecule has 0 spiro atoms. The van der Waals surface area contributed by atoms with Gasteiger partial charge in [0.05, 0.1) is 6.54 Å². The fraction of sp³-hybridized carbons (Fsp3) is 0.375. The molecule has 2 heterocycles. The lowest BCUT2D eigenvalue weighted by Crippen LogP contribution is -2.40. The van der Waals surface area contributed by atoms with Gasteiger partial charge in [-0.15, -0.1) is 0 Å². The van der Waals surface area contributed by atoms with Crippen LogP contribution in [0.2, 0.25) is 0 Å². The Bertz CT molecular complexity index is 988. The summed E-state index contributed by atoms with van der Waals surface area (Å²) in [6, 6.07) is 16.4. The molecule has 2 aromatic carbocycles. The van der Waals surface area contributed by atoms with Gasteiger partial charge in [-0.05, 0) is 50.9 Å². The molecule has 0 atom stereocenters. The summed E-state index contributed by atoms with van der Waals surface area (Å²) in [6.45, 7) is 7.27. The van der Waals surface area contributed by atoms with Gasteiger partial charge in [-0.1, -0.05) is 59.3 Å². The number of piperidine rings is 1. The van der Waals surface area contributed by atoms with E-state index in [-0.39, 0.29) is 18.4 Å². The van der Waals surface area contributed by atoms with Crippen molar-refractivity contribution in [2.45, 2.75) is 39.8 Å². The Balaban J connectivity index is 1.24. The Hall–Kier alpha value is -2.99. The minimum Gasteiger partial charge on any atom is -0.347 e. The summed E-state index contributed by atoms with van der Waals surface area (Å²) in [5.41, 5.74) is 4.77. The number of benzene rings is 2. The predicted octanol–water partition coefficient (Wildman–Crippen LogP) is 3.88. The summed E-state index contributed by atoms with van der Waals surface area (Å²) in [6.07, 6.45) is 1.74. The zero-order valence-corrected chi connectivity index (χ0v) is 17.6. The Labute approximate surface area is 177 Å². The highest BCUT2D eigenvalue weighted by molar-refractivity contribution is 5.78. The number of rotatable bonds is 6. The third-order valence-corrected chi connectivity index (χ3v) is 5.81. The monoisotopic (exact) mass is 404 g/mol. The van der Waals surface area contributed by atoms with Gasteiger partial charge >= 0.3 is 0 Å². The maximum Gasteiger partial charge on any atom is 0.246 e. The van der Waals surface area contributed by atoms with Crippen molar-refractivity contribution in [3.63, 3.8) is 0 Å². The van der Waals surface area contributed by atoms with E-state index in [9.17, 15) is 4.79 Å². The second kappa shape index (κ2) is 9.22. The van der Waals surface area contributed by atoms with Crippen LogP contribution in [0.25, 0.3) is 11.4 Å². The molecule has 1 saturated heterocycles. The molecule has 1 aliphatic rings. The molecule has 0 bridgehead atoms. The fourth-order valence-corrected chi connectivity index (χ4v) is 3.84. The lowest BCUT2D eigenvalue weighted by atomic mass is 9.95. The third-order valence-electron chi connectivity index (χ3n) is 5.81. The number of carbonyl (C=O) groups excluding carboxylic acids is 1. The number of likely N-dealkylation sites (tertiary alicyclic amines) is 1. The highest BCUT2D eigenvalue weighted by atomic mass is 16.5. The first-order valence-corrected chi connectivity index (χ1v) is 10.5. The minimum absolute atomic E-state index is 0.0395. The molecule has 156 valence electrons. The Kier molecular flexibility index (Phi) is 6.23. The quantitative estimate of drug-likeness (QED) is 0.675. The first-order chi connectivity index (χ1) is 14.6. The molecule has 1 amide bonds. The number of hydrogen-bond donors (Lipinski definition) is 1. The number of carbonyl (C=O) groups is 1. The molecule has 4 rings (SSSR count). The molecular weight excluding hydrogens is 376 g/mol. The Morgan fingerprint density at radius 1 is 1.10 bits per heavy atom. The Morgan fingerprint density at radius 2 is 1.83 bits per heavy atom. The van der Waals surface area contributed by atoms with Crippen molar-refractivity contribution in [2.24, 2.45) is 5.92 Å². The van der Waals surface area contributed by atoms with Gasteiger partial charge in [0.1, 0.15) is 0 Å². The smallest absolute Gasteiger partial charge is 0.246 e. The van der Waals surface area contributed by atoms with Crippen LogP contribution in [-0.4, -0.2) is 34.0 Å². The van der Waals surface area contributed by atoms with Gasteiger partial charge in [0.2, 0.25) is 17.6 Å². The van der Waals surface area contributed by atoms with E-state index in [0.717, 1.165) is 38.0 Å². The normalized spacial score (nSPS) is 15.3. The number of aromatic nitrogens is 2. The van der Waals surface area contributed by atoms with Gasteiger partial charge in [0.25, 0.3) is 0 Å². The lowest BCUT2D eigenvalue weighted by molar-refractivity contribution is -0.126. The van der Waals surface area contributed by atoms with Gasteiger partial charge < -0.3 is 9.84 Å². The average molecular weight is 405 g/mol. The number of aryl methyl sites for hydroxylation is 2. The standard InChI is InChI=1S/C24H28N4O2/c1-17-7-9-19(10-8-17)23-26-22(30-27-23)15-25-24(29)20-11-13-28(14-12-20)16-21-6-4-3-5-18(21)2/h3-10,20H,11-16H2,1-2H3,(H,25,29). The summed E-state index contributed by atoms with van der Waals surface area (Å²) in [4.78, 5) is 19.4. The van der Waals surface area contributed by atoms with Crippen molar-refractivity contribution in [2.75, 3.05) is 13.1 Å². The molecule has 3 aromatic rings. The summed E-state index contributed by atoms with van der Waals surface area (Å²) in [5, 5.41) is 6.98. The molecule has 6 heteroatoms. The van der Waals surface area contributed by atoms with E-state index >= 15 is 0 Å². The molecule has 1 N–H and O–H groups in total. The number of hydrogen-bond acceptors (Lipinski definition) is 5. The third kappa shape index (κ3) is 4.94. The van der Waals surface area contributed by atoms with Gasteiger partial charge in [-0.25, -0.2) is 0 Å². The van der Waals surface area contributed by atoms with Crippen LogP contribution in [0.3, 0.4) is 0 Å². The summed E-state index contributed by atoms with van der Waals surface area (Å²) in [7, 11) is 0. The van der Waals surface area contributed by atoms with Crippen LogP contribution in [0, 0.1) is 19.8 Å². The second-order valence-electron chi connectivity index (χ2n) is 8.07. The highest BCUT2D eigenvalue weighted by Crippen LogP contribution is 2.21. The maximum absolute atomic E-state index is 12.6. The van der Waals surface area contributed by atoms with Gasteiger partial charge in [0.15, 0.2) is 0 Å². The molecule has 1 aliphatic heterocycles. The van der Waals surface area contributed by atoms with Crippen LogP contribution in [0.5, 0.6) is 0 Å². The summed E-state index contributed by atoms with van der Waals surface area (Å²) >= 11 is 0. The molecule has 6 nitrogen and oxygen atoms in total. The number of nitrogens with one attached hydrogen (secondary N) is 1. The van der Waals surface area contributed by atoms with E-state index < -0.39 is 0 Å². The van der Waals surface area contributed by atoms with E-state index in [2.05, 4.69) is 51.5 Å². The fourth-order valence-electron chi connectivity index (χ4n) is 3.84. The molecule has 0 radical (unpaired) electrons. The van der Waals surface area contributed by atoms with Crippen molar-refractivity contribution in [3.05, 3.63) is 71.1 Å². The molecule has 30 heavy (non-hydrogen) atoms. The average Bonchev–Trinajstić information content (AvgIpc) is 3.24. The zero-order valence-electron chi connectivity index (χ0n) is 17.6. The molecule has 0 unspecified atom stereocenters. The van der Waals surface area contributed by atoms with Crippen molar-refractivity contribution >= 4 is 5.91 Å². The van der Waals surface area contributed by atoms with Crippen molar-refractivity contribution in [3.8, 4) is 11.4 Å². The Morgan fingerprint density at radius 3 is 2.57 bits per heavy atom. The van der Waals surface area contributed by atoms with Crippen LogP contribution in [-0.2, 0) is 17.9 Å². The van der Waals surface area contributed by atoms with Gasteiger partial charge in [-0.3, -0.25) is 9.69 Å². The molecule has 1 aromatic heterocycles. The van der Waals surface area contributed by atoms with Crippen LogP contribution < -0.4 is 5.32 Å². The van der Waals surface area contributed by atoms with Gasteiger partial charge in [-0.2, -0.15) is 4.98 Å². The SMILES string of the molecule is Cc1ccc(-c2noc(CNC(=O)C3CCN(Cc4ccccc4C)CC3)n2)cc1. The lowest BCUT2D eigenvalue weighted by Gasteiger charge is -2.31. The highest BCUT2D eigenvalue weighted by Gasteiger charge is 2.25. The van der Waals surface area contributed by atoms with E-state index in [4.69, 9.17) is 4.52 Å². The van der Waals surface area contributed by atoms with Gasteiger partial charge in [0, 0.05) is 18.0 Å². The van der Waals surface area contributed by atoms with E-state index in [1.807, 2.05) is 31.2 Å². The van der Waals surface area contributed by atoms with Crippen molar-refractivity contribution in [1.29, 1.82) is 0 Å². The number of amides is 1. The minimum atomic E-state index is 0.0395. The van der Waals surface area contributed by atoms with E-state index in [0.29, 0.717) is 11.7 Å². The topological polar surface area (TPSA) is 71.3 Å². The second-order valence-corrected chi connectivity index (χ2v) is 8.07. The van der Waals surface area contributed by atoms with Crippen LogP contribution >= 0.6 is 0 Å². The van der Waals surface area contributed by atoms with Crippen molar-refractivity contribution in [1.82, 2.24) is 20.4 Å². The largest absolute Gasteiger partial charge is 0.347 e. The molecule has 0 aliphatic carbocycles. The first kappa shape index (κ1) is 20.3. The summed E-state index contributed by atoms with van der Waals surface area (Å²) < 4.78 is 5.30. The first-order valence-electron chi connectivity index (χ1n) is 10.5. The maximum atomic E-state index is 12.6. The van der Waals surface area contributed by atoms with Crippen molar-refractivity contribution < 1.29 is 9.32 Å². The molecule has 1 fully saturated rings.